The molecule has 0 aliphatic carbocycles. The summed E-state index contributed by atoms with van der Waals surface area (Å²) in [7, 11) is 1.57. The maximum atomic E-state index is 13.5. The normalized spacial score (nSPS) is 12.5. The quantitative estimate of drug-likeness (QED) is 0.538. The highest BCUT2D eigenvalue weighted by molar-refractivity contribution is 5.90. The van der Waals surface area contributed by atoms with Gasteiger partial charge in [0.15, 0.2) is 0 Å². The second kappa shape index (κ2) is 8.68. The number of hydrogen-bond donors (Lipinski definition) is 0. The van der Waals surface area contributed by atoms with E-state index in [1.54, 1.807) is 34.0 Å². The molecule has 0 aliphatic rings. The number of nitrogens with zero attached hydrogens (tertiary/aromatic N) is 4. The summed E-state index contributed by atoms with van der Waals surface area (Å²) in [5, 5.41) is 4.24. The van der Waals surface area contributed by atoms with E-state index in [4.69, 9.17) is 9.26 Å². The first-order chi connectivity index (χ1) is 15.2. The largest absolute Gasteiger partial charge is 0.443 e. The van der Waals surface area contributed by atoms with E-state index < -0.39 is 28.4 Å². The number of ether oxygens (including phenoxy) is 1. The molecule has 3 aromatic heterocycles. The third kappa shape index (κ3) is 5.12. The molecular formula is C24H34N4O5. The van der Waals surface area contributed by atoms with Crippen molar-refractivity contribution in [1.82, 2.24) is 18.9 Å². The monoisotopic (exact) mass is 458 g/mol. The van der Waals surface area contributed by atoms with Crippen molar-refractivity contribution in [3.63, 3.8) is 0 Å². The van der Waals surface area contributed by atoms with E-state index in [1.807, 2.05) is 33.8 Å². The summed E-state index contributed by atoms with van der Waals surface area (Å²) in [6, 6.07) is 1.88. The van der Waals surface area contributed by atoms with Gasteiger partial charge < -0.3 is 9.26 Å². The zero-order chi connectivity index (χ0) is 24.7. The van der Waals surface area contributed by atoms with Crippen LogP contribution in [0.15, 0.2) is 26.4 Å². The molecule has 0 saturated carbocycles. The van der Waals surface area contributed by atoms with Crippen LogP contribution in [0, 0.1) is 6.92 Å². The predicted octanol–water partition coefficient (Wildman–Crippen LogP) is 3.90. The van der Waals surface area contributed by atoms with E-state index in [1.165, 1.54) is 13.7 Å². The molecule has 0 N–H and O–H groups in total. The Morgan fingerprint density at radius 3 is 2.33 bits per heavy atom. The van der Waals surface area contributed by atoms with Crippen molar-refractivity contribution < 1.29 is 14.1 Å². The third-order valence-corrected chi connectivity index (χ3v) is 5.40. The molecule has 3 heterocycles. The summed E-state index contributed by atoms with van der Waals surface area (Å²) < 4.78 is 14.6. The Bertz CT molecular complexity index is 1290. The molecule has 0 saturated heterocycles. The van der Waals surface area contributed by atoms with Gasteiger partial charge in [-0.05, 0) is 51.5 Å². The summed E-state index contributed by atoms with van der Waals surface area (Å²) in [5.41, 5.74) is -0.241. The summed E-state index contributed by atoms with van der Waals surface area (Å²) in [6.07, 6.45) is 3.04. The smallest absolute Gasteiger partial charge is 0.420 e. The van der Waals surface area contributed by atoms with Crippen LogP contribution in [-0.4, -0.2) is 30.6 Å². The second-order valence-corrected chi connectivity index (χ2v) is 10.5. The molecule has 0 aliphatic heterocycles. The van der Waals surface area contributed by atoms with Gasteiger partial charge in [-0.2, -0.15) is 0 Å². The van der Waals surface area contributed by atoms with E-state index in [9.17, 15) is 14.4 Å². The molecule has 33 heavy (non-hydrogen) atoms. The van der Waals surface area contributed by atoms with Crippen LogP contribution in [-0.2, 0) is 30.2 Å². The Morgan fingerprint density at radius 2 is 1.79 bits per heavy atom. The first-order valence-corrected chi connectivity index (χ1v) is 11.2. The Balaban J connectivity index is 2.04. The van der Waals surface area contributed by atoms with Crippen LogP contribution in [0.3, 0.4) is 0 Å². The van der Waals surface area contributed by atoms with E-state index in [2.05, 4.69) is 5.16 Å². The predicted molar refractivity (Wildman–Crippen MR) is 126 cm³/mol. The van der Waals surface area contributed by atoms with Gasteiger partial charge in [0.2, 0.25) is 0 Å². The van der Waals surface area contributed by atoms with Gasteiger partial charge in [0.25, 0.3) is 5.56 Å². The Kier molecular flexibility index (Phi) is 6.46. The SMILES string of the molecule is Cc1cc(CCCCn2c(=O)c3c(C(C)(C)C)cn(C(=O)OC(C)(C)C)c3n(C)c2=O)on1. The van der Waals surface area contributed by atoms with Crippen LogP contribution in [0.1, 0.15) is 71.4 Å². The average Bonchev–Trinajstić information content (AvgIpc) is 3.28. The molecule has 9 heteroatoms. The summed E-state index contributed by atoms with van der Waals surface area (Å²) in [4.78, 5) is 39.6. The zero-order valence-corrected chi connectivity index (χ0v) is 20.8. The average molecular weight is 459 g/mol. The molecule has 0 fully saturated rings. The van der Waals surface area contributed by atoms with Gasteiger partial charge >= 0.3 is 11.8 Å². The van der Waals surface area contributed by atoms with Crippen LogP contribution in [0.25, 0.3) is 11.0 Å². The third-order valence-electron chi connectivity index (χ3n) is 5.40. The van der Waals surface area contributed by atoms with E-state index >= 15 is 0 Å². The van der Waals surface area contributed by atoms with Gasteiger partial charge in [0.1, 0.15) is 17.0 Å². The van der Waals surface area contributed by atoms with Gasteiger partial charge in [0.05, 0.1) is 11.1 Å². The van der Waals surface area contributed by atoms with E-state index in [0.29, 0.717) is 23.8 Å². The lowest BCUT2D eigenvalue weighted by molar-refractivity contribution is 0.0542. The molecule has 0 aromatic carbocycles. The molecule has 180 valence electrons. The van der Waals surface area contributed by atoms with Crippen molar-refractivity contribution in [2.75, 3.05) is 0 Å². The molecule has 0 atom stereocenters. The molecule has 0 bridgehead atoms. The molecule has 3 rings (SSSR count). The fraction of sp³-hybridized carbons (Fsp3) is 0.583. The molecule has 0 amide bonds. The van der Waals surface area contributed by atoms with Crippen LogP contribution >= 0.6 is 0 Å². The minimum Gasteiger partial charge on any atom is -0.443 e. The minimum atomic E-state index is -0.717. The number of rotatable bonds is 5. The van der Waals surface area contributed by atoms with Crippen molar-refractivity contribution in [2.45, 2.75) is 85.3 Å². The van der Waals surface area contributed by atoms with Gasteiger partial charge in [-0.3, -0.25) is 13.9 Å². The molecule has 3 aromatic rings. The van der Waals surface area contributed by atoms with Gasteiger partial charge in [-0.15, -0.1) is 0 Å². The lowest BCUT2D eigenvalue weighted by atomic mass is 9.87. The maximum absolute atomic E-state index is 13.5. The number of carbonyl (C=O) groups is 1. The van der Waals surface area contributed by atoms with Crippen molar-refractivity contribution in [2.24, 2.45) is 7.05 Å². The summed E-state index contributed by atoms with van der Waals surface area (Å²) >= 11 is 0. The highest BCUT2D eigenvalue weighted by atomic mass is 16.6. The van der Waals surface area contributed by atoms with Crippen molar-refractivity contribution in [1.29, 1.82) is 0 Å². The highest BCUT2D eigenvalue weighted by Gasteiger charge is 2.29. The fourth-order valence-electron chi connectivity index (χ4n) is 3.85. The van der Waals surface area contributed by atoms with Crippen molar-refractivity contribution in [3.8, 4) is 0 Å². The molecule has 9 nitrogen and oxygen atoms in total. The molecular weight excluding hydrogens is 424 g/mol. The van der Waals surface area contributed by atoms with Crippen LogP contribution in [0.5, 0.6) is 0 Å². The lowest BCUT2D eigenvalue weighted by Gasteiger charge is -2.20. The number of fused-ring (bicyclic) bond motifs is 1. The second-order valence-electron chi connectivity index (χ2n) is 10.5. The number of carbonyl (C=O) groups excluding carboxylic acids is 1. The number of hydrogen-bond acceptors (Lipinski definition) is 6. The van der Waals surface area contributed by atoms with Crippen LogP contribution in [0.4, 0.5) is 4.79 Å². The number of aromatic nitrogens is 4. The zero-order valence-electron chi connectivity index (χ0n) is 20.8. The lowest BCUT2D eigenvalue weighted by Crippen LogP contribution is -2.40. The van der Waals surface area contributed by atoms with E-state index in [0.717, 1.165) is 17.9 Å². The number of unbranched alkanes of at least 4 members (excludes halogenated alkanes) is 1. The Labute approximate surface area is 192 Å². The van der Waals surface area contributed by atoms with Gasteiger partial charge in [-0.1, -0.05) is 25.9 Å². The summed E-state index contributed by atoms with van der Waals surface area (Å²) in [6.45, 7) is 13.4. The minimum absolute atomic E-state index is 0.248. The van der Waals surface area contributed by atoms with Crippen LogP contribution < -0.4 is 11.2 Å². The van der Waals surface area contributed by atoms with E-state index in [-0.39, 0.29) is 12.2 Å². The number of aryl methyl sites for hydroxylation is 3. The van der Waals surface area contributed by atoms with Crippen molar-refractivity contribution >= 4 is 17.1 Å². The topological polar surface area (TPSA) is 101 Å². The van der Waals surface area contributed by atoms with Gasteiger partial charge in [0, 0.05) is 32.3 Å². The standard InChI is InChI=1S/C24H34N4O5/c1-15-13-16(33-25-15)11-9-10-12-27-20(29)18-17(23(2,3)4)14-28(19(18)26(8)21(27)30)22(31)32-24(5,6)7/h13-14H,9-12H2,1-8H3. The first-order valence-electron chi connectivity index (χ1n) is 11.2. The Hall–Kier alpha value is -3.10. The van der Waals surface area contributed by atoms with Gasteiger partial charge in [-0.25, -0.2) is 14.2 Å². The Morgan fingerprint density at radius 1 is 1.12 bits per heavy atom. The highest BCUT2D eigenvalue weighted by Crippen LogP contribution is 2.29. The molecule has 0 spiro atoms. The maximum Gasteiger partial charge on any atom is 0.420 e. The van der Waals surface area contributed by atoms with Crippen molar-refractivity contribution in [3.05, 3.63) is 50.1 Å². The molecule has 0 radical (unpaired) electrons. The van der Waals surface area contributed by atoms with Crippen LogP contribution in [0.2, 0.25) is 0 Å². The first kappa shape index (κ1) is 24.5. The summed E-state index contributed by atoms with van der Waals surface area (Å²) in [5.74, 6) is 0.785. The fourth-order valence-corrected chi connectivity index (χ4v) is 3.85. The molecule has 0 unspecified atom stereocenters.